The lowest BCUT2D eigenvalue weighted by atomic mass is 9.76. The molecule has 0 aliphatic heterocycles. The van der Waals surface area contributed by atoms with E-state index in [9.17, 15) is 5.11 Å². The molecular formula is C25H44O. The molecular weight excluding hydrogens is 316 g/mol. The van der Waals surface area contributed by atoms with Gasteiger partial charge in [-0.05, 0) is 42.7 Å². The van der Waals surface area contributed by atoms with Crippen LogP contribution in [0.2, 0.25) is 0 Å². The second-order valence-corrected chi connectivity index (χ2v) is 8.12. The highest BCUT2D eigenvalue weighted by atomic mass is 16.3. The van der Waals surface area contributed by atoms with E-state index in [1.807, 2.05) is 12.1 Å². The summed E-state index contributed by atoms with van der Waals surface area (Å²) in [6.07, 6.45) is 18.5. The summed E-state index contributed by atoms with van der Waals surface area (Å²) in [7, 11) is 0. The average Bonchev–Trinajstić information content (AvgIpc) is 2.65. The molecule has 0 aromatic heterocycles. The third-order valence-electron chi connectivity index (χ3n) is 5.88. The summed E-state index contributed by atoms with van der Waals surface area (Å²) < 4.78 is 0. The predicted molar refractivity (Wildman–Crippen MR) is 116 cm³/mol. The first kappa shape index (κ1) is 23.1. The second-order valence-electron chi connectivity index (χ2n) is 8.12. The van der Waals surface area contributed by atoms with Gasteiger partial charge >= 0.3 is 0 Å². The lowest BCUT2D eigenvalue weighted by Gasteiger charge is -2.29. The van der Waals surface area contributed by atoms with Crippen LogP contribution in [-0.2, 0) is 0 Å². The molecule has 2 atom stereocenters. The summed E-state index contributed by atoms with van der Waals surface area (Å²) in [6, 6.07) is 8.12. The maximum atomic E-state index is 10.5. The Morgan fingerprint density at radius 3 is 1.85 bits per heavy atom. The summed E-state index contributed by atoms with van der Waals surface area (Å²) in [5.74, 6) is 1.78. The van der Waals surface area contributed by atoms with E-state index in [0.717, 1.165) is 5.92 Å². The standard InChI is InChI=1S/C25H44O/c1-4-7-10-12-14-19-23(24-20-15-16-21-25(24)26)22(17-9-6-3)18-13-11-8-5-2/h15-16,20-23,26H,4-14,17-19H2,1-3H3. The van der Waals surface area contributed by atoms with E-state index in [0.29, 0.717) is 11.7 Å². The first-order valence-electron chi connectivity index (χ1n) is 11.5. The minimum Gasteiger partial charge on any atom is -0.508 e. The molecule has 26 heavy (non-hydrogen) atoms. The zero-order valence-electron chi connectivity index (χ0n) is 17.8. The van der Waals surface area contributed by atoms with E-state index in [-0.39, 0.29) is 0 Å². The number of phenolic OH excluding ortho intramolecular Hbond substituents is 1. The Morgan fingerprint density at radius 2 is 1.19 bits per heavy atom. The normalized spacial score (nSPS) is 13.7. The molecule has 0 amide bonds. The van der Waals surface area contributed by atoms with Crippen molar-refractivity contribution in [1.82, 2.24) is 0 Å². The fourth-order valence-corrected chi connectivity index (χ4v) is 4.26. The van der Waals surface area contributed by atoms with Gasteiger partial charge in [0.05, 0.1) is 0 Å². The Bertz CT molecular complexity index is 440. The minimum atomic E-state index is 0.515. The number of aromatic hydroxyl groups is 1. The van der Waals surface area contributed by atoms with Crippen LogP contribution in [0.1, 0.15) is 122 Å². The first-order valence-corrected chi connectivity index (χ1v) is 11.5. The highest BCUT2D eigenvalue weighted by Crippen LogP contribution is 2.40. The van der Waals surface area contributed by atoms with E-state index >= 15 is 0 Å². The van der Waals surface area contributed by atoms with E-state index in [4.69, 9.17) is 0 Å². The number of phenols is 1. The van der Waals surface area contributed by atoms with E-state index in [1.54, 1.807) is 0 Å². The molecule has 0 aliphatic carbocycles. The molecule has 2 unspecified atom stereocenters. The Balaban J connectivity index is 2.79. The molecule has 0 saturated carbocycles. The maximum Gasteiger partial charge on any atom is 0.119 e. The van der Waals surface area contributed by atoms with Crippen molar-refractivity contribution in [1.29, 1.82) is 0 Å². The molecule has 0 fully saturated rings. The van der Waals surface area contributed by atoms with Crippen LogP contribution >= 0.6 is 0 Å². The van der Waals surface area contributed by atoms with Gasteiger partial charge in [-0.25, -0.2) is 0 Å². The van der Waals surface area contributed by atoms with Crippen molar-refractivity contribution >= 4 is 0 Å². The van der Waals surface area contributed by atoms with Crippen LogP contribution in [0.5, 0.6) is 5.75 Å². The quantitative estimate of drug-likeness (QED) is 0.292. The molecule has 0 spiro atoms. The van der Waals surface area contributed by atoms with Crippen molar-refractivity contribution in [3.63, 3.8) is 0 Å². The SMILES string of the molecule is CCCCCCCC(c1ccccc1O)C(CCCC)CCCCCC. The zero-order chi connectivity index (χ0) is 19.0. The topological polar surface area (TPSA) is 20.2 Å². The number of benzene rings is 1. The van der Waals surface area contributed by atoms with Crippen LogP contribution in [0.25, 0.3) is 0 Å². The van der Waals surface area contributed by atoms with Crippen molar-refractivity contribution in [3.05, 3.63) is 29.8 Å². The Labute approximate surface area is 163 Å². The van der Waals surface area contributed by atoms with Gasteiger partial charge in [0.1, 0.15) is 5.75 Å². The molecule has 0 radical (unpaired) electrons. The summed E-state index contributed by atoms with van der Waals surface area (Å²) in [6.45, 7) is 6.87. The monoisotopic (exact) mass is 360 g/mol. The van der Waals surface area contributed by atoms with Crippen molar-refractivity contribution in [2.24, 2.45) is 5.92 Å². The number of hydrogen-bond acceptors (Lipinski definition) is 1. The van der Waals surface area contributed by atoms with Gasteiger partial charge in [0, 0.05) is 0 Å². The van der Waals surface area contributed by atoms with Gasteiger partial charge in [-0.3, -0.25) is 0 Å². The van der Waals surface area contributed by atoms with E-state index in [2.05, 4.69) is 32.9 Å². The van der Waals surface area contributed by atoms with Crippen LogP contribution in [-0.4, -0.2) is 5.11 Å². The van der Waals surface area contributed by atoms with Gasteiger partial charge in [0.25, 0.3) is 0 Å². The van der Waals surface area contributed by atoms with Gasteiger partial charge in [0.2, 0.25) is 0 Å². The Kier molecular flexibility index (Phi) is 13.4. The summed E-state index contributed by atoms with van der Waals surface area (Å²) >= 11 is 0. The number of hydrogen-bond donors (Lipinski definition) is 1. The molecule has 1 aromatic rings. The molecule has 0 bridgehead atoms. The van der Waals surface area contributed by atoms with Crippen LogP contribution < -0.4 is 0 Å². The summed E-state index contributed by atoms with van der Waals surface area (Å²) in [5, 5.41) is 10.5. The van der Waals surface area contributed by atoms with Crippen LogP contribution in [0.3, 0.4) is 0 Å². The van der Waals surface area contributed by atoms with Crippen LogP contribution in [0.4, 0.5) is 0 Å². The van der Waals surface area contributed by atoms with Crippen LogP contribution in [0, 0.1) is 5.92 Å². The minimum absolute atomic E-state index is 0.515. The summed E-state index contributed by atoms with van der Waals surface area (Å²) in [5.41, 5.74) is 1.21. The molecule has 0 saturated heterocycles. The van der Waals surface area contributed by atoms with E-state index in [1.165, 1.54) is 95.5 Å². The Morgan fingerprint density at radius 1 is 0.654 bits per heavy atom. The molecule has 1 aromatic carbocycles. The third kappa shape index (κ3) is 9.10. The molecule has 1 heteroatoms. The smallest absolute Gasteiger partial charge is 0.119 e. The number of para-hydroxylation sites is 1. The largest absolute Gasteiger partial charge is 0.508 e. The number of unbranched alkanes of at least 4 members (excludes halogenated alkanes) is 8. The highest BCUT2D eigenvalue weighted by Gasteiger charge is 2.24. The fourth-order valence-electron chi connectivity index (χ4n) is 4.26. The first-order chi connectivity index (χ1) is 12.7. The van der Waals surface area contributed by atoms with Crippen molar-refractivity contribution in [2.75, 3.05) is 0 Å². The van der Waals surface area contributed by atoms with Crippen LogP contribution in [0.15, 0.2) is 24.3 Å². The highest BCUT2D eigenvalue weighted by molar-refractivity contribution is 5.35. The molecule has 1 N–H and O–H groups in total. The second kappa shape index (κ2) is 15.1. The molecule has 0 heterocycles. The predicted octanol–water partition coefficient (Wildman–Crippen LogP) is 8.61. The number of rotatable bonds is 16. The third-order valence-corrected chi connectivity index (χ3v) is 5.88. The van der Waals surface area contributed by atoms with Gasteiger partial charge in [-0.15, -0.1) is 0 Å². The molecule has 1 rings (SSSR count). The van der Waals surface area contributed by atoms with Gasteiger partial charge < -0.3 is 5.11 Å². The van der Waals surface area contributed by atoms with Crippen molar-refractivity contribution in [2.45, 2.75) is 117 Å². The van der Waals surface area contributed by atoms with Crippen molar-refractivity contribution in [3.8, 4) is 5.75 Å². The Hall–Kier alpha value is -0.980. The average molecular weight is 361 g/mol. The lowest BCUT2D eigenvalue weighted by molar-refractivity contribution is 0.317. The lowest BCUT2D eigenvalue weighted by Crippen LogP contribution is -2.14. The van der Waals surface area contributed by atoms with Gasteiger partial charge in [0.15, 0.2) is 0 Å². The zero-order valence-corrected chi connectivity index (χ0v) is 17.8. The maximum absolute atomic E-state index is 10.5. The molecule has 150 valence electrons. The fraction of sp³-hybridized carbons (Fsp3) is 0.760. The molecule has 0 aliphatic rings. The van der Waals surface area contributed by atoms with Gasteiger partial charge in [-0.2, -0.15) is 0 Å². The summed E-state index contributed by atoms with van der Waals surface area (Å²) in [4.78, 5) is 0. The molecule has 1 nitrogen and oxygen atoms in total. The van der Waals surface area contributed by atoms with E-state index < -0.39 is 0 Å². The van der Waals surface area contributed by atoms with Crippen molar-refractivity contribution < 1.29 is 5.11 Å². The van der Waals surface area contributed by atoms with Gasteiger partial charge in [-0.1, -0.05) is 110 Å².